The van der Waals surface area contributed by atoms with E-state index in [0.717, 1.165) is 6.04 Å². The van der Waals surface area contributed by atoms with E-state index in [4.69, 9.17) is 0 Å². The highest BCUT2D eigenvalue weighted by atomic mass is 15.3. The quantitative estimate of drug-likeness (QED) is 0.377. The van der Waals surface area contributed by atoms with Crippen LogP contribution in [0, 0.1) is 0 Å². The third-order valence-electron chi connectivity index (χ3n) is 5.65. The first kappa shape index (κ1) is 21.0. The van der Waals surface area contributed by atoms with Gasteiger partial charge in [-0.05, 0) is 19.4 Å². The lowest BCUT2D eigenvalue weighted by Gasteiger charge is -2.39. The summed E-state index contributed by atoms with van der Waals surface area (Å²) in [6.07, 6.45) is 17.2. The topological polar surface area (TPSA) is 6.48 Å². The lowest BCUT2D eigenvalue weighted by Crippen LogP contribution is -2.50. The van der Waals surface area contributed by atoms with Crippen molar-refractivity contribution in [2.75, 3.05) is 32.7 Å². The van der Waals surface area contributed by atoms with Crippen molar-refractivity contribution in [2.24, 2.45) is 0 Å². The maximum Gasteiger partial charge on any atom is 0.0113 e. The lowest BCUT2D eigenvalue weighted by atomic mass is 9.98. The van der Waals surface area contributed by atoms with Crippen LogP contribution in [-0.2, 0) is 0 Å². The zero-order valence-electron chi connectivity index (χ0n) is 16.5. The monoisotopic (exact) mass is 324 g/mol. The molecule has 23 heavy (non-hydrogen) atoms. The molecule has 138 valence electrons. The molecule has 0 amide bonds. The van der Waals surface area contributed by atoms with Crippen molar-refractivity contribution >= 4 is 0 Å². The van der Waals surface area contributed by atoms with E-state index in [1.807, 2.05) is 0 Å². The van der Waals surface area contributed by atoms with Gasteiger partial charge in [-0.1, -0.05) is 85.0 Å². The fourth-order valence-corrected chi connectivity index (χ4v) is 3.92. The Morgan fingerprint density at radius 1 is 0.609 bits per heavy atom. The van der Waals surface area contributed by atoms with Gasteiger partial charge in [0.15, 0.2) is 0 Å². The van der Waals surface area contributed by atoms with Gasteiger partial charge in [-0.25, -0.2) is 0 Å². The summed E-state index contributed by atoms with van der Waals surface area (Å²) < 4.78 is 0. The lowest BCUT2D eigenvalue weighted by molar-refractivity contribution is 0.0885. The normalized spacial score (nSPS) is 17.2. The number of unbranched alkanes of at least 4 members (excludes halogenated alkanes) is 8. The van der Waals surface area contributed by atoms with Crippen LogP contribution in [-0.4, -0.2) is 48.6 Å². The molecule has 0 radical (unpaired) electrons. The second kappa shape index (κ2) is 14.3. The highest BCUT2D eigenvalue weighted by Gasteiger charge is 2.22. The Bertz CT molecular complexity index is 232. The number of hydrogen-bond acceptors (Lipinski definition) is 2. The zero-order valence-corrected chi connectivity index (χ0v) is 16.5. The van der Waals surface area contributed by atoms with Crippen molar-refractivity contribution in [3.8, 4) is 0 Å². The van der Waals surface area contributed by atoms with Gasteiger partial charge in [-0.2, -0.15) is 0 Å². The number of piperazine rings is 1. The van der Waals surface area contributed by atoms with Crippen molar-refractivity contribution in [2.45, 2.75) is 104 Å². The van der Waals surface area contributed by atoms with E-state index in [-0.39, 0.29) is 0 Å². The standard InChI is InChI=1S/C21H44N2/c1-4-7-9-11-13-15-21(16-14-12-10-8-5-2)23-19-17-22(6-3)18-20-23/h21H,4-20H2,1-3H3. The van der Waals surface area contributed by atoms with Gasteiger partial charge in [0.2, 0.25) is 0 Å². The average molecular weight is 325 g/mol. The first-order valence-corrected chi connectivity index (χ1v) is 10.8. The van der Waals surface area contributed by atoms with Gasteiger partial charge in [0, 0.05) is 32.2 Å². The van der Waals surface area contributed by atoms with E-state index in [9.17, 15) is 0 Å². The molecular formula is C21H44N2. The summed E-state index contributed by atoms with van der Waals surface area (Å²) in [6.45, 7) is 13.3. The Morgan fingerprint density at radius 3 is 1.52 bits per heavy atom. The summed E-state index contributed by atoms with van der Waals surface area (Å²) in [6, 6.07) is 0.872. The van der Waals surface area contributed by atoms with Crippen LogP contribution in [0.4, 0.5) is 0 Å². The van der Waals surface area contributed by atoms with Crippen molar-refractivity contribution in [1.82, 2.24) is 9.80 Å². The first-order chi connectivity index (χ1) is 11.3. The van der Waals surface area contributed by atoms with E-state index in [1.54, 1.807) is 0 Å². The molecule has 0 N–H and O–H groups in total. The molecule has 0 unspecified atom stereocenters. The summed E-state index contributed by atoms with van der Waals surface area (Å²) in [5, 5.41) is 0. The van der Waals surface area contributed by atoms with Gasteiger partial charge in [0.05, 0.1) is 0 Å². The molecule has 0 aromatic rings. The molecule has 1 aliphatic rings. The second-order valence-electron chi connectivity index (χ2n) is 7.53. The molecule has 0 spiro atoms. The molecule has 0 bridgehead atoms. The molecule has 1 heterocycles. The molecule has 2 nitrogen and oxygen atoms in total. The van der Waals surface area contributed by atoms with Gasteiger partial charge < -0.3 is 4.90 Å². The third kappa shape index (κ3) is 9.72. The summed E-state index contributed by atoms with van der Waals surface area (Å²) in [5.74, 6) is 0. The zero-order chi connectivity index (χ0) is 16.8. The highest BCUT2D eigenvalue weighted by molar-refractivity contribution is 4.78. The number of hydrogen-bond donors (Lipinski definition) is 0. The van der Waals surface area contributed by atoms with Gasteiger partial charge >= 0.3 is 0 Å². The molecule has 0 aromatic heterocycles. The van der Waals surface area contributed by atoms with Crippen LogP contribution < -0.4 is 0 Å². The minimum Gasteiger partial charge on any atom is -0.301 e. The Hall–Kier alpha value is -0.0800. The van der Waals surface area contributed by atoms with E-state index in [1.165, 1.54) is 110 Å². The van der Waals surface area contributed by atoms with Crippen molar-refractivity contribution < 1.29 is 0 Å². The van der Waals surface area contributed by atoms with Crippen LogP contribution in [0.25, 0.3) is 0 Å². The molecule has 1 aliphatic heterocycles. The predicted molar refractivity (Wildman–Crippen MR) is 104 cm³/mol. The van der Waals surface area contributed by atoms with Crippen LogP contribution in [0.3, 0.4) is 0 Å². The SMILES string of the molecule is CCCCCCCC(CCCCCCC)N1CCN(CC)CC1. The van der Waals surface area contributed by atoms with Crippen LogP contribution in [0.2, 0.25) is 0 Å². The summed E-state index contributed by atoms with van der Waals surface area (Å²) >= 11 is 0. The molecule has 0 aromatic carbocycles. The minimum atomic E-state index is 0.872. The van der Waals surface area contributed by atoms with E-state index in [2.05, 4.69) is 30.6 Å². The largest absolute Gasteiger partial charge is 0.301 e. The maximum atomic E-state index is 2.83. The molecule has 1 rings (SSSR count). The fraction of sp³-hybridized carbons (Fsp3) is 1.00. The number of nitrogens with zero attached hydrogens (tertiary/aromatic N) is 2. The van der Waals surface area contributed by atoms with Crippen molar-refractivity contribution in [3.05, 3.63) is 0 Å². The Morgan fingerprint density at radius 2 is 1.09 bits per heavy atom. The maximum absolute atomic E-state index is 2.83. The molecule has 1 fully saturated rings. The molecule has 0 atom stereocenters. The van der Waals surface area contributed by atoms with E-state index >= 15 is 0 Å². The van der Waals surface area contributed by atoms with E-state index < -0.39 is 0 Å². The first-order valence-electron chi connectivity index (χ1n) is 10.8. The molecule has 2 heteroatoms. The van der Waals surface area contributed by atoms with E-state index in [0.29, 0.717) is 0 Å². The molecule has 0 saturated carbocycles. The third-order valence-corrected chi connectivity index (χ3v) is 5.65. The Balaban J connectivity index is 2.28. The van der Waals surface area contributed by atoms with Gasteiger partial charge in [0.1, 0.15) is 0 Å². The van der Waals surface area contributed by atoms with Crippen LogP contribution in [0.15, 0.2) is 0 Å². The van der Waals surface area contributed by atoms with Gasteiger partial charge in [0.25, 0.3) is 0 Å². The van der Waals surface area contributed by atoms with Crippen molar-refractivity contribution in [3.63, 3.8) is 0 Å². The molecule has 1 saturated heterocycles. The molecule has 0 aliphatic carbocycles. The number of rotatable bonds is 14. The smallest absolute Gasteiger partial charge is 0.0113 e. The minimum absolute atomic E-state index is 0.872. The van der Waals surface area contributed by atoms with Gasteiger partial charge in [-0.3, -0.25) is 4.90 Å². The summed E-state index contributed by atoms with van der Waals surface area (Å²) in [4.78, 5) is 5.43. The average Bonchev–Trinajstić information content (AvgIpc) is 2.59. The highest BCUT2D eigenvalue weighted by Crippen LogP contribution is 2.20. The van der Waals surface area contributed by atoms with Crippen LogP contribution in [0.5, 0.6) is 0 Å². The van der Waals surface area contributed by atoms with Crippen LogP contribution >= 0.6 is 0 Å². The Labute approximate surface area is 147 Å². The fourth-order valence-electron chi connectivity index (χ4n) is 3.92. The number of likely N-dealkylation sites (N-methyl/N-ethyl adjacent to an activating group) is 1. The van der Waals surface area contributed by atoms with Crippen molar-refractivity contribution in [1.29, 1.82) is 0 Å². The van der Waals surface area contributed by atoms with Gasteiger partial charge in [-0.15, -0.1) is 0 Å². The Kier molecular flexibility index (Phi) is 13.0. The summed E-state index contributed by atoms with van der Waals surface area (Å²) in [5.41, 5.74) is 0. The second-order valence-corrected chi connectivity index (χ2v) is 7.53. The predicted octanol–water partition coefficient (Wildman–Crippen LogP) is 5.71. The summed E-state index contributed by atoms with van der Waals surface area (Å²) in [7, 11) is 0. The molecular weight excluding hydrogens is 280 g/mol. The van der Waals surface area contributed by atoms with Crippen LogP contribution in [0.1, 0.15) is 97.8 Å².